The van der Waals surface area contributed by atoms with E-state index in [9.17, 15) is 4.79 Å². The fraction of sp³-hybridized carbons (Fsp3) is 0. The molecule has 0 radical (unpaired) electrons. The Bertz CT molecular complexity index is 1120. The van der Waals surface area contributed by atoms with Crippen molar-refractivity contribution in [3.8, 4) is 0 Å². The summed E-state index contributed by atoms with van der Waals surface area (Å²) in [5, 5.41) is 12.4. The van der Waals surface area contributed by atoms with Crippen LogP contribution in [0.4, 0.5) is 0 Å². The summed E-state index contributed by atoms with van der Waals surface area (Å²) < 4.78 is 0. The quantitative estimate of drug-likeness (QED) is 0.304. The molecule has 0 fully saturated rings. The van der Waals surface area contributed by atoms with E-state index in [0.717, 1.165) is 22.3 Å². The average Bonchev–Trinajstić information content (AvgIpc) is 2.85. The molecule has 0 aromatic heterocycles. The van der Waals surface area contributed by atoms with Gasteiger partial charge >= 0.3 is 0 Å². The molecule has 0 saturated heterocycles. The van der Waals surface area contributed by atoms with Gasteiger partial charge in [0.1, 0.15) is 0 Å². The van der Waals surface area contributed by atoms with Gasteiger partial charge in [-0.15, -0.1) is 0 Å². The largest absolute Gasteiger partial charge is 0.289 e. The van der Waals surface area contributed by atoms with E-state index >= 15 is 0 Å². The normalized spacial score (nSPS) is 12.0. The van der Waals surface area contributed by atoms with Crippen molar-refractivity contribution in [2.24, 2.45) is 11.5 Å². The minimum absolute atomic E-state index is 0.0621. The summed E-state index contributed by atoms with van der Waals surface area (Å²) in [7, 11) is 0. The average molecular weight is 370 g/mol. The second-order valence-corrected chi connectivity index (χ2v) is 6.40. The molecule has 5 nitrogen and oxygen atoms in total. The van der Waals surface area contributed by atoms with Gasteiger partial charge in [0.25, 0.3) is 11.7 Å². The third kappa shape index (κ3) is 4.40. The van der Waals surface area contributed by atoms with Crippen LogP contribution in [0.2, 0.25) is 0 Å². The standard InChI is InChI=1S/C23H20N4O/c24-22(25)17-9-5-15(6-10-17)13-19-3-1-2-4-20(21(19)28)14-16-7-11-18(12-8-16)23(26)27/h1-14H,(H3,24,25)(H3,26,27)/p+2/b19-13-,20-14-. The molecule has 0 heterocycles. The minimum atomic E-state index is -0.0621. The molecule has 0 unspecified atom stereocenters. The smallest absolute Gasteiger partial charge is 0.270 e. The summed E-state index contributed by atoms with van der Waals surface area (Å²) in [5.41, 5.74) is 14.4. The number of benzene rings is 2. The van der Waals surface area contributed by atoms with Crippen molar-refractivity contribution in [3.63, 3.8) is 0 Å². The molecule has 3 rings (SSSR count). The van der Waals surface area contributed by atoms with Crippen LogP contribution >= 0.6 is 0 Å². The van der Waals surface area contributed by atoms with Crippen LogP contribution in [0.5, 0.6) is 0 Å². The van der Waals surface area contributed by atoms with E-state index in [1.165, 1.54) is 0 Å². The molecule has 0 atom stereocenters. The summed E-state index contributed by atoms with van der Waals surface area (Å²) in [6, 6.07) is 22.1. The summed E-state index contributed by atoms with van der Waals surface area (Å²) >= 11 is 0. The van der Waals surface area contributed by atoms with Gasteiger partial charge < -0.3 is 0 Å². The zero-order valence-electron chi connectivity index (χ0n) is 15.3. The van der Waals surface area contributed by atoms with Crippen molar-refractivity contribution in [2.45, 2.75) is 0 Å². The maximum Gasteiger partial charge on any atom is 0.270 e. The first-order valence-electron chi connectivity index (χ1n) is 8.73. The van der Waals surface area contributed by atoms with Crippen LogP contribution in [0.1, 0.15) is 22.3 Å². The van der Waals surface area contributed by atoms with Gasteiger partial charge in [-0.1, -0.05) is 48.5 Å². The van der Waals surface area contributed by atoms with E-state index in [4.69, 9.17) is 22.3 Å². The first-order valence-corrected chi connectivity index (χ1v) is 8.73. The molecule has 0 aliphatic heterocycles. The minimum Gasteiger partial charge on any atom is -0.289 e. The van der Waals surface area contributed by atoms with Crippen LogP contribution in [-0.4, -0.2) is 11.7 Å². The second kappa shape index (κ2) is 8.14. The topological polar surface area (TPSA) is 120 Å². The fourth-order valence-corrected chi connectivity index (χ4v) is 2.77. The van der Waals surface area contributed by atoms with Gasteiger partial charge in [0, 0.05) is 10.4 Å². The molecule has 0 saturated carbocycles. The molecule has 28 heavy (non-hydrogen) atoms. The van der Waals surface area contributed by atoms with Gasteiger partial charge in [-0.2, -0.15) is 0 Å². The van der Waals surface area contributed by atoms with Crippen LogP contribution in [0.3, 0.4) is 0 Å². The number of amidine groups is 2. The molecule has 8 N–H and O–H groups in total. The number of rotatable bonds is 4. The lowest BCUT2D eigenvalue weighted by Gasteiger charge is -1.96. The predicted octanol–water partition coefficient (Wildman–Crippen LogP) is -2.37. The van der Waals surface area contributed by atoms with Crippen LogP contribution < -0.4 is 38.2 Å². The Labute approximate surface area is 162 Å². The molecular formula is C23H22N4O+2. The SMILES string of the molecule is NC(=[NH2+])c1ccc(/C=c2/cccc/c(=C/c3ccc(C(N)=[NH2+])cc3)c2=O)cc1. The maximum absolute atomic E-state index is 13.0. The Morgan fingerprint density at radius 2 is 1.00 bits per heavy atom. The Hall–Kier alpha value is -3.99. The highest BCUT2D eigenvalue weighted by Gasteiger charge is 2.01. The van der Waals surface area contributed by atoms with Gasteiger partial charge in [0.05, 0.1) is 11.1 Å². The van der Waals surface area contributed by atoms with Crippen molar-refractivity contribution in [3.05, 3.63) is 116 Å². The molecular weight excluding hydrogens is 348 g/mol. The molecule has 138 valence electrons. The highest BCUT2D eigenvalue weighted by atomic mass is 16.1. The maximum atomic E-state index is 13.0. The van der Waals surface area contributed by atoms with E-state index in [0.29, 0.717) is 10.4 Å². The van der Waals surface area contributed by atoms with Crippen molar-refractivity contribution in [1.29, 1.82) is 0 Å². The second-order valence-electron chi connectivity index (χ2n) is 6.40. The number of nitrogens with two attached hydrogens (primary N) is 4. The van der Waals surface area contributed by atoms with E-state index in [1.54, 1.807) is 12.1 Å². The van der Waals surface area contributed by atoms with Crippen molar-refractivity contribution < 1.29 is 10.8 Å². The van der Waals surface area contributed by atoms with Gasteiger partial charge in [-0.05, 0) is 47.5 Å². The summed E-state index contributed by atoms with van der Waals surface area (Å²) in [5.74, 6) is 0.526. The zero-order chi connectivity index (χ0) is 20.1. The van der Waals surface area contributed by atoms with E-state index in [1.807, 2.05) is 72.8 Å². The molecule has 0 spiro atoms. The highest BCUT2D eigenvalue weighted by molar-refractivity contribution is 5.93. The Kier molecular flexibility index (Phi) is 5.46. The Morgan fingerprint density at radius 1 is 0.643 bits per heavy atom. The van der Waals surface area contributed by atoms with Gasteiger partial charge in [0.2, 0.25) is 0 Å². The first kappa shape index (κ1) is 18.8. The van der Waals surface area contributed by atoms with Crippen LogP contribution in [-0.2, 0) is 0 Å². The number of hydrogen-bond acceptors (Lipinski definition) is 1. The highest BCUT2D eigenvalue weighted by Crippen LogP contribution is 2.04. The molecule has 5 heteroatoms. The van der Waals surface area contributed by atoms with E-state index in [-0.39, 0.29) is 17.1 Å². The predicted molar refractivity (Wildman–Crippen MR) is 112 cm³/mol. The van der Waals surface area contributed by atoms with E-state index < -0.39 is 0 Å². The molecule has 3 aromatic rings. The van der Waals surface area contributed by atoms with Gasteiger partial charge in [0.15, 0.2) is 5.43 Å². The van der Waals surface area contributed by atoms with Crippen molar-refractivity contribution in [2.75, 3.05) is 0 Å². The molecule has 3 aromatic carbocycles. The lowest BCUT2D eigenvalue weighted by atomic mass is 10.1. The first-order chi connectivity index (χ1) is 13.4. The zero-order valence-corrected chi connectivity index (χ0v) is 15.3. The molecule has 0 aliphatic rings. The lowest BCUT2D eigenvalue weighted by Crippen LogP contribution is -2.46. The van der Waals surface area contributed by atoms with Crippen LogP contribution in [0.25, 0.3) is 12.2 Å². The summed E-state index contributed by atoms with van der Waals surface area (Å²) in [6.07, 6.45) is 3.67. The van der Waals surface area contributed by atoms with Gasteiger partial charge in [-0.3, -0.25) is 27.1 Å². The summed E-state index contributed by atoms with van der Waals surface area (Å²) in [4.78, 5) is 13.0. The Balaban J connectivity index is 2.08. The van der Waals surface area contributed by atoms with E-state index in [2.05, 4.69) is 0 Å². The van der Waals surface area contributed by atoms with Crippen molar-refractivity contribution >= 4 is 23.8 Å². The van der Waals surface area contributed by atoms with Gasteiger partial charge in [-0.25, -0.2) is 0 Å². The third-order valence-electron chi connectivity index (χ3n) is 4.32. The van der Waals surface area contributed by atoms with Crippen LogP contribution in [0.15, 0.2) is 77.6 Å². The fourth-order valence-electron chi connectivity index (χ4n) is 2.77. The van der Waals surface area contributed by atoms with Crippen LogP contribution in [0, 0.1) is 0 Å². The lowest BCUT2D eigenvalue weighted by molar-refractivity contribution is -0.115. The third-order valence-corrected chi connectivity index (χ3v) is 4.32. The number of hydrogen-bond donors (Lipinski definition) is 4. The summed E-state index contributed by atoms with van der Waals surface area (Å²) in [6.45, 7) is 0. The molecule has 0 bridgehead atoms. The van der Waals surface area contributed by atoms with Crippen molar-refractivity contribution in [1.82, 2.24) is 0 Å². The monoisotopic (exact) mass is 370 g/mol. The molecule has 0 amide bonds. The Morgan fingerprint density at radius 3 is 1.32 bits per heavy atom. The molecule has 0 aliphatic carbocycles.